The molecule has 1 saturated carbocycles. The molecule has 7 heteroatoms. The Bertz CT molecular complexity index is 674. The first kappa shape index (κ1) is 24.0. The molecule has 0 bridgehead atoms. The molecule has 2 rings (SSSR count). The van der Waals surface area contributed by atoms with Crippen LogP contribution in [0.2, 0.25) is 0 Å². The Labute approximate surface area is 181 Å². The van der Waals surface area contributed by atoms with Crippen molar-refractivity contribution in [3.8, 4) is 5.75 Å². The van der Waals surface area contributed by atoms with Crippen molar-refractivity contribution in [2.24, 2.45) is 10.9 Å². The van der Waals surface area contributed by atoms with Gasteiger partial charge in [-0.25, -0.2) is 4.99 Å². The van der Waals surface area contributed by atoms with Crippen molar-refractivity contribution < 1.29 is 14.3 Å². The second kappa shape index (κ2) is 13.9. The van der Waals surface area contributed by atoms with Gasteiger partial charge in [0.25, 0.3) is 0 Å². The smallest absolute Gasteiger partial charge is 0.223 e. The average molecular weight is 419 g/mol. The van der Waals surface area contributed by atoms with Crippen LogP contribution in [0.3, 0.4) is 0 Å². The van der Waals surface area contributed by atoms with E-state index in [0.717, 1.165) is 55.2 Å². The standard InChI is InChI=1S/C23H38N4O3/c1-4-24-23(26-13-7-12-25-22(28)19-8-6-9-19)27-17-20-11-10-18(3)16-21(20)30-15-14-29-5-2/h10-11,16,19H,4-9,12-15,17H2,1-3H3,(H,25,28)(H2,24,26,27). The monoisotopic (exact) mass is 418 g/mol. The van der Waals surface area contributed by atoms with Crippen LogP contribution in [0, 0.1) is 12.8 Å². The molecule has 0 heterocycles. The summed E-state index contributed by atoms with van der Waals surface area (Å²) >= 11 is 0. The van der Waals surface area contributed by atoms with Crippen molar-refractivity contribution in [1.82, 2.24) is 16.0 Å². The van der Waals surface area contributed by atoms with Crippen LogP contribution >= 0.6 is 0 Å². The third-order valence-electron chi connectivity index (χ3n) is 5.08. The predicted octanol–water partition coefficient (Wildman–Crippen LogP) is 2.77. The lowest BCUT2D eigenvalue weighted by atomic mass is 9.85. The molecule has 0 radical (unpaired) electrons. The average Bonchev–Trinajstić information content (AvgIpc) is 2.68. The third-order valence-corrected chi connectivity index (χ3v) is 5.08. The van der Waals surface area contributed by atoms with Crippen molar-refractivity contribution in [3.63, 3.8) is 0 Å². The van der Waals surface area contributed by atoms with Crippen LogP contribution in [0.25, 0.3) is 0 Å². The Morgan fingerprint density at radius 2 is 1.93 bits per heavy atom. The maximum Gasteiger partial charge on any atom is 0.223 e. The molecule has 30 heavy (non-hydrogen) atoms. The van der Waals surface area contributed by atoms with Crippen molar-refractivity contribution in [1.29, 1.82) is 0 Å². The summed E-state index contributed by atoms with van der Waals surface area (Å²) in [5.41, 5.74) is 2.20. The number of ether oxygens (including phenoxy) is 2. The molecule has 0 atom stereocenters. The summed E-state index contributed by atoms with van der Waals surface area (Å²) in [6, 6.07) is 6.18. The van der Waals surface area contributed by atoms with Gasteiger partial charge in [-0.2, -0.15) is 0 Å². The number of hydrogen-bond acceptors (Lipinski definition) is 4. The molecule has 1 aliphatic carbocycles. The minimum absolute atomic E-state index is 0.207. The van der Waals surface area contributed by atoms with E-state index in [1.165, 1.54) is 6.42 Å². The first-order valence-corrected chi connectivity index (χ1v) is 11.2. The van der Waals surface area contributed by atoms with E-state index >= 15 is 0 Å². The first-order valence-electron chi connectivity index (χ1n) is 11.2. The molecule has 1 aromatic rings. The van der Waals surface area contributed by atoms with Gasteiger partial charge in [0, 0.05) is 37.7 Å². The zero-order valence-corrected chi connectivity index (χ0v) is 18.8. The Morgan fingerprint density at radius 1 is 1.13 bits per heavy atom. The molecular formula is C23H38N4O3. The number of benzene rings is 1. The molecule has 0 unspecified atom stereocenters. The van der Waals surface area contributed by atoms with Gasteiger partial charge in [-0.05, 0) is 51.7 Å². The molecule has 0 spiro atoms. The van der Waals surface area contributed by atoms with E-state index in [4.69, 9.17) is 14.5 Å². The summed E-state index contributed by atoms with van der Waals surface area (Å²) in [6.07, 6.45) is 4.12. The van der Waals surface area contributed by atoms with Gasteiger partial charge in [-0.1, -0.05) is 18.6 Å². The lowest BCUT2D eigenvalue weighted by Crippen LogP contribution is -2.39. The van der Waals surface area contributed by atoms with Crippen molar-refractivity contribution in [2.75, 3.05) is 39.5 Å². The summed E-state index contributed by atoms with van der Waals surface area (Å²) < 4.78 is 11.3. The minimum Gasteiger partial charge on any atom is -0.491 e. The van der Waals surface area contributed by atoms with E-state index in [1.807, 2.05) is 19.9 Å². The second-order valence-electron chi connectivity index (χ2n) is 7.55. The van der Waals surface area contributed by atoms with Gasteiger partial charge in [-0.15, -0.1) is 0 Å². The molecule has 0 aliphatic heterocycles. The Morgan fingerprint density at radius 3 is 2.63 bits per heavy atom. The van der Waals surface area contributed by atoms with Crippen molar-refractivity contribution in [3.05, 3.63) is 29.3 Å². The molecule has 0 saturated heterocycles. The number of carbonyl (C=O) groups excluding carboxylic acids is 1. The molecule has 1 aliphatic rings. The lowest BCUT2D eigenvalue weighted by molar-refractivity contribution is -0.127. The Hall–Kier alpha value is -2.28. The highest BCUT2D eigenvalue weighted by atomic mass is 16.5. The fraction of sp³-hybridized carbons (Fsp3) is 0.652. The number of guanidine groups is 1. The van der Waals surface area contributed by atoms with Gasteiger partial charge in [0.1, 0.15) is 12.4 Å². The van der Waals surface area contributed by atoms with E-state index in [0.29, 0.717) is 32.9 Å². The molecule has 0 aromatic heterocycles. The largest absolute Gasteiger partial charge is 0.491 e. The summed E-state index contributed by atoms with van der Waals surface area (Å²) in [5, 5.41) is 9.63. The second-order valence-corrected chi connectivity index (χ2v) is 7.55. The Kier molecular flexibility index (Phi) is 11.1. The minimum atomic E-state index is 0.207. The summed E-state index contributed by atoms with van der Waals surface area (Å²) in [6.45, 7) is 10.6. The number of hydrogen-bond donors (Lipinski definition) is 3. The molecule has 1 amide bonds. The summed E-state index contributed by atoms with van der Waals surface area (Å²) in [4.78, 5) is 16.6. The number of nitrogens with zero attached hydrogens (tertiary/aromatic N) is 1. The Balaban J connectivity index is 1.80. The molecule has 7 nitrogen and oxygen atoms in total. The predicted molar refractivity (Wildman–Crippen MR) is 121 cm³/mol. The lowest BCUT2D eigenvalue weighted by Gasteiger charge is -2.24. The van der Waals surface area contributed by atoms with Gasteiger partial charge in [0.2, 0.25) is 5.91 Å². The maximum absolute atomic E-state index is 11.9. The van der Waals surface area contributed by atoms with Gasteiger partial charge in [0.05, 0.1) is 13.2 Å². The van der Waals surface area contributed by atoms with E-state index in [2.05, 4.69) is 35.0 Å². The third kappa shape index (κ3) is 8.61. The zero-order valence-electron chi connectivity index (χ0n) is 18.8. The fourth-order valence-electron chi connectivity index (χ4n) is 3.11. The highest BCUT2D eigenvalue weighted by Gasteiger charge is 2.24. The molecule has 1 aromatic carbocycles. The molecule has 1 fully saturated rings. The molecule has 168 valence electrons. The van der Waals surface area contributed by atoms with Gasteiger partial charge < -0.3 is 25.4 Å². The number of carbonyl (C=O) groups is 1. The zero-order chi connectivity index (χ0) is 21.6. The quantitative estimate of drug-likeness (QED) is 0.261. The SMILES string of the molecule is CCNC(=NCc1ccc(C)cc1OCCOCC)NCCCNC(=O)C1CCC1. The van der Waals surface area contributed by atoms with Crippen molar-refractivity contribution >= 4 is 11.9 Å². The van der Waals surface area contributed by atoms with Crippen LogP contribution in [0.1, 0.15) is 50.7 Å². The number of rotatable bonds is 13. The number of aryl methyl sites for hydroxylation is 1. The van der Waals surface area contributed by atoms with E-state index in [9.17, 15) is 4.79 Å². The topological polar surface area (TPSA) is 84.0 Å². The van der Waals surface area contributed by atoms with Crippen molar-refractivity contribution in [2.45, 2.75) is 53.0 Å². The van der Waals surface area contributed by atoms with Crippen LogP contribution in [0.4, 0.5) is 0 Å². The normalized spacial score (nSPS) is 14.2. The fourth-order valence-corrected chi connectivity index (χ4v) is 3.11. The van der Waals surface area contributed by atoms with E-state index in [-0.39, 0.29) is 11.8 Å². The van der Waals surface area contributed by atoms with E-state index in [1.54, 1.807) is 0 Å². The highest BCUT2D eigenvalue weighted by Crippen LogP contribution is 2.26. The number of amides is 1. The number of aliphatic imine (C=N–C) groups is 1. The van der Waals surface area contributed by atoms with Crippen LogP contribution in [0.15, 0.2) is 23.2 Å². The molecular weight excluding hydrogens is 380 g/mol. The first-order chi connectivity index (χ1) is 14.6. The summed E-state index contributed by atoms with van der Waals surface area (Å²) in [7, 11) is 0. The van der Waals surface area contributed by atoms with Gasteiger partial charge in [0.15, 0.2) is 5.96 Å². The maximum atomic E-state index is 11.9. The number of nitrogens with one attached hydrogen (secondary N) is 3. The van der Waals surface area contributed by atoms with Crippen LogP contribution in [0.5, 0.6) is 5.75 Å². The summed E-state index contributed by atoms with van der Waals surface area (Å²) in [5.74, 6) is 2.08. The van der Waals surface area contributed by atoms with Gasteiger partial charge >= 0.3 is 0 Å². The van der Waals surface area contributed by atoms with Crippen LogP contribution in [-0.4, -0.2) is 51.3 Å². The van der Waals surface area contributed by atoms with E-state index < -0.39 is 0 Å². The highest BCUT2D eigenvalue weighted by molar-refractivity contribution is 5.80. The van der Waals surface area contributed by atoms with Crippen LogP contribution < -0.4 is 20.7 Å². The molecule has 3 N–H and O–H groups in total. The van der Waals surface area contributed by atoms with Crippen LogP contribution in [-0.2, 0) is 16.1 Å². The van der Waals surface area contributed by atoms with Gasteiger partial charge in [-0.3, -0.25) is 4.79 Å².